The standard InChI is InChI=1S/C21H23NO6/c23-11-16-18(19(25)15-9-5-2-6-10-15)20(26)17(12-24)22(16)21(27)28-13-14-7-3-1-4-8-14/h1-10,16-18,20,23-24,26H,11-13H2/t16-,17+,18-,20-/m0/s1. The van der Waals surface area contributed by atoms with Gasteiger partial charge in [-0.1, -0.05) is 60.7 Å². The molecule has 1 saturated heterocycles. The summed E-state index contributed by atoms with van der Waals surface area (Å²) < 4.78 is 5.30. The summed E-state index contributed by atoms with van der Waals surface area (Å²) in [5.41, 5.74) is 1.13. The second kappa shape index (κ2) is 8.97. The van der Waals surface area contributed by atoms with E-state index < -0.39 is 49.2 Å². The summed E-state index contributed by atoms with van der Waals surface area (Å²) in [5.74, 6) is -1.46. The Hall–Kier alpha value is -2.74. The van der Waals surface area contributed by atoms with E-state index >= 15 is 0 Å². The Kier molecular flexibility index (Phi) is 6.41. The van der Waals surface area contributed by atoms with E-state index in [0.717, 1.165) is 10.5 Å². The number of ether oxygens (including phenoxy) is 1. The highest BCUT2D eigenvalue weighted by molar-refractivity contribution is 5.99. The fraction of sp³-hybridized carbons (Fsp3) is 0.333. The number of carbonyl (C=O) groups is 2. The first kappa shape index (κ1) is 20.0. The zero-order chi connectivity index (χ0) is 20.1. The van der Waals surface area contributed by atoms with Crippen molar-refractivity contribution in [3.05, 3.63) is 71.8 Å². The number of aliphatic hydroxyl groups excluding tert-OH is 3. The molecule has 0 aromatic heterocycles. The van der Waals surface area contributed by atoms with Gasteiger partial charge >= 0.3 is 6.09 Å². The van der Waals surface area contributed by atoms with Crippen molar-refractivity contribution >= 4 is 11.9 Å². The van der Waals surface area contributed by atoms with Crippen molar-refractivity contribution in [3.8, 4) is 0 Å². The average molecular weight is 385 g/mol. The van der Waals surface area contributed by atoms with Gasteiger partial charge in [0.25, 0.3) is 0 Å². The van der Waals surface area contributed by atoms with Gasteiger partial charge in [-0.05, 0) is 5.56 Å². The third-order valence-electron chi connectivity index (χ3n) is 5.04. The van der Waals surface area contributed by atoms with Crippen LogP contribution in [0.1, 0.15) is 15.9 Å². The van der Waals surface area contributed by atoms with Gasteiger partial charge in [-0.15, -0.1) is 0 Å². The minimum absolute atomic E-state index is 0.000135. The molecule has 148 valence electrons. The fourth-order valence-corrected chi connectivity index (χ4v) is 3.64. The summed E-state index contributed by atoms with van der Waals surface area (Å²) in [4.78, 5) is 26.7. The summed E-state index contributed by atoms with van der Waals surface area (Å²) in [6, 6.07) is 15.4. The number of nitrogens with zero attached hydrogens (tertiary/aromatic N) is 1. The zero-order valence-electron chi connectivity index (χ0n) is 15.2. The third-order valence-corrected chi connectivity index (χ3v) is 5.04. The van der Waals surface area contributed by atoms with Gasteiger partial charge < -0.3 is 20.1 Å². The topological polar surface area (TPSA) is 107 Å². The molecule has 0 bridgehead atoms. The van der Waals surface area contributed by atoms with Crippen LogP contribution in [0.4, 0.5) is 4.79 Å². The molecule has 0 radical (unpaired) electrons. The minimum Gasteiger partial charge on any atom is -0.445 e. The number of rotatable bonds is 6. The Bertz CT molecular complexity index is 797. The number of hydrogen-bond donors (Lipinski definition) is 3. The van der Waals surface area contributed by atoms with Crippen LogP contribution < -0.4 is 0 Å². The van der Waals surface area contributed by atoms with E-state index in [4.69, 9.17) is 4.74 Å². The van der Waals surface area contributed by atoms with Crippen LogP contribution in [0.2, 0.25) is 0 Å². The normalized spacial score (nSPS) is 24.2. The Labute approximate surface area is 162 Å². The summed E-state index contributed by atoms with van der Waals surface area (Å²) in [5, 5.41) is 30.2. The van der Waals surface area contributed by atoms with E-state index in [2.05, 4.69) is 0 Å². The van der Waals surface area contributed by atoms with Gasteiger partial charge in [-0.3, -0.25) is 9.69 Å². The summed E-state index contributed by atoms with van der Waals surface area (Å²) in [6.45, 7) is -1.10. The molecular weight excluding hydrogens is 362 g/mol. The summed E-state index contributed by atoms with van der Waals surface area (Å²) >= 11 is 0. The lowest BCUT2D eigenvalue weighted by Gasteiger charge is -2.28. The van der Waals surface area contributed by atoms with Gasteiger partial charge in [0.2, 0.25) is 0 Å². The number of likely N-dealkylation sites (tertiary alicyclic amines) is 1. The van der Waals surface area contributed by atoms with Crippen LogP contribution in [0.3, 0.4) is 0 Å². The lowest BCUT2D eigenvalue weighted by atomic mass is 9.88. The maximum atomic E-state index is 12.9. The van der Waals surface area contributed by atoms with Gasteiger partial charge in [0.1, 0.15) is 6.61 Å². The number of hydrogen-bond acceptors (Lipinski definition) is 6. The number of ketones is 1. The highest BCUT2D eigenvalue weighted by Gasteiger charge is 2.53. The molecule has 0 saturated carbocycles. The highest BCUT2D eigenvalue weighted by atomic mass is 16.6. The third kappa shape index (κ3) is 3.91. The molecule has 7 heteroatoms. The molecule has 0 unspecified atom stereocenters. The molecule has 28 heavy (non-hydrogen) atoms. The van der Waals surface area contributed by atoms with Gasteiger partial charge in [-0.2, -0.15) is 0 Å². The van der Waals surface area contributed by atoms with E-state index in [0.29, 0.717) is 5.56 Å². The molecule has 4 atom stereocenters. The van der Waals surface area contributed by atoms with Crippen LogP contribution >= 0.6 is 0 Å². The Balaban J connectivity index is 1.81. The second-order valence-electron chi connectivity index (χ2n) is 6.69. The molecule has 3 N–H and O–H groups in total. The number of aliphatic hydroxyl groups is 3. The maximum Gasteiger partial charge on any atom is 0.410 e. The van der Waals surface area contributed by atoms with Crippen molar-refractivity contribution in [1.29, 1.82) is 0 Å². The molecule has 1 fully saturated rings. The number of benzene rings is 2. The summed E-state index contributed by atoms with van der Waals surface area (Å²) in [6.07, 6.45) is -2.12. The van der Waals surface area contributed by atoms with E-state index in [1.165, 1.54) is 0 Å². The first-order chi connectivity index (χ1) is 13.6. The van der Waals surface area contributed by atoms with Gasteiger partial charge in [0, 0.05) is 5.56 Å². The molecule has 2 aromatic rings. The Morgan fingerprint density at radius 3 is 2.04 bits per heavy atom. The fourth-order valence-electron chi connectivity index (χ4n) is 3.64. The van der Waals surface area contributed by atoms with Gasteiger partial charge in [-0.25, -0.2) is 4.79 Å². The first-order valence-corrected chi connectivity index (χ1v) is 9.06. The van der Waals surface area contributed by atoms with E-state index in [1.54, 1.807) is 42.5 Å². The monoisotopic (exact) mass is 385 g/mol. The molecule has 0 aliphatic carbocycles. The van der Waals surface area contributed by atoms with E-state index in [9.17, 15) is 24.9 Å². The molecule has 1 heterocycles. The molecule has 0 spiro atoms. The zero-order valence-corrected chi connectivity index (χ0v) is 15.2. The predicted molar refractivity (Wildman–Crippen MR) is 100 cm³/mol. The van der Waals surface area contributed by atoms with Crippen molar-refractivity contribution in [2.45, 2.75) is 24.8 Å². The molecule has 3 rings (SSSR count). The lowest BCUT2D eigenvalue weighted by molar-refractivity contribution is 0.0342. The quantitative estimate of drug-likeness (QED) is 0.646. The smallest absolute Gasteiger partial charge is 0.410 e. The summed E-state index contributed by atoms with van der Waals surface area (Å²) in [7, 11) is 0. The first-order valence-electron chi connectivity index (χ1n) is 9.06. The Morgan fingerprint density at radius 2 is 1.46 bits per heavy atom. The van der Waals surface area contributed by atoms with Crippen LogP contribution in [-0.2, 0) is 11.3 Å². The van der Waals surface area contributed by atoms with E-state index in [-0.39, 0.29) is 6.61 Å². The molecule has 1 aliphatic rings. The minimum atomic E-state index is -1.32. The Morgan fingerprint density at radius 1 is 0.893 bits per heavy atom. The predicted octanol–water partition coefficient (Wildman–Crippen LogP) is 1.22. The van der Waals surface area contributed by atoms with Crippen molar-refractivity contribution in [2.24, 2.45) is 5.92 Å². The van der Waals surface area contributed by atoms with Crippen LogP contribution in [-0.4, -0.2) is 63.5 Å². The average Bonchev–Trinajstić information content (AvgIpc) is 3.04. The van der Waals surface area contributed by atoms with Crippen molar-refractivity contribution in [3.63, 3.8) is 0 Å². The van der Waals surface area contributed by atoms with Crippen LogP contribution in [0.15, 0.2) is 60.7 Å². The van der Waals surface area contributed by atoms with Crippen molar-refractivity contribution in [1.82, 2.24) is 4.90 Å². The van der Waals surface area contributed by atoms with Gasteiger partial charge in [0.15, 0.2) is 5.78 Å². The second-order valence-corrected chi connectivity index (χ2v) is 6.69. The maximum absolute atomic E-state index is 12.9. The molecule has 1 aliphatic heterocycles. The van der Waals surface area contributed by atoms with Crippen LogP contribution in [0, 0.1) is 5.92 Å². The molecule has 1 amide bonds. The number of amides is 1. The lowest BCUT2D eigenvalue weighted by Crippen LogP contribution is -2.47. The van der Waals surface area contributed by atoms with Crippen LogP contribution in [0.25, 0.3) is 0 Å². The largest absolute Gasteiger partial charge is 0.445 e. The van der Waals surface area contributed by atoms with E-state index in [1.807, 2.05) is 18.2 Å². The number of carbonyl (C=O) groups excluding carboxylic acids is 2. The highest BCUT2D eigenvalue weighted by Crippen LogP contribution is 2.33. The van der Waals surface area contributed by atoms with Crippen molar-refractivity contribution in [2.75, 3.05) is 13.2 Å². The molecule has 7 nitrogen and oxygen atoms in total. The molecule has 2 aromatic carbocycles. The number of Topliss-reactive ketones (excluding diaryl/α,β-unsaturated/α-hetero) is 1. The molecular formula is C21H23NO6. The van der Waals surface area contributed by atoms with Crippen molar-refractivity contribution < 1.29 is 29.6 Å². The van der Waals surface area contributed by atoms with Crippen LogP contribution in [0.5, 0.6) is 0 Å². The SMILES string of the molecule is O=C(c1ccccc1)[C@H]1[C@@H](O)[C@@H](CO)N(C(=O)OCc2ccccc2)[C@H]1CO. The van der Waals surface area contributed by atoms with Gasteiger partial charge in [0.05, 0.1) is 37.3 Å².